The van der Waals surface area contributed by atoms with Crippen molar-refractivity contribution >= 4 is 54.0 Å². The van der Waals surface area contributed by atoms with Gasteiger partial charge in [-0.15, -0.1) is 11.3 Å². The SMILES string of the molecule is CN(C(=O)COc1ccc2occ(-c3ccc(Br)s3)c2c1)[C@H]1CCS(=O)(=O)C1. The lowest BCUT2D eigenvalue weighted by Crippen LogP contribution is -2.40. The highest BCUT2D eigenvalue weighted by Gasteiger charge is 2.32. The first-order valence-corrected chi connectivity index (χ1v) is 12.1. The second-order valence-corrected chi connectivity index (χ2v) is 11.5. The fourth-order valence-electron chi connectivity index (χ4n) is 3.28. The molecule has 2 aromatic heterocycles. The quantitative estimate of drug-likeness (QED) is 0.548. The monoisotopic (exact) mass is 483 g/mol. The van der Waals surface area contributed by atoms with E-state index in [0.29, 0.717) is 12.2 Å². The molecule has 0 radical (unpaired) electrons. The predicted octanol–water partition coefficient (Wildman–Crippen LogP) is 3.95. The summed E-state index contributed by atoms with van der Waals surface area (Å²) in [5, 5.41) is 0.912. The molecule has 0 spiro atoms. The molecule has 1 amide bonds. The highest BCUT2D eigenvalue weighted by Crippen LogP contribution is 2.38. The van der Waals surface area contributed by atoms with E-state index in [1.807, 2.05) is 24.3 Å². The number of sulfone groups is 1. The van der Waals surface area contributed by atoms with Crippen LogP contribution in [0, 0.1) is 0 Å². The van der Waals surface area contributed by atoms with Crippen molar-refractivity contribution in [3.63, 3.8) is 0 Å². The van der Waals surface area contributed by atoms with Gasteiger partial charge in [0.1, 0.15) is 17.6 Å². The second kappa shape index (κ2) is 7.53. The average Bonchev–Trinajstić information content (AvgIpc) is 3.36. The van der Waals surface area contributed by atoms with Crippen LogP contribution in [0.15, 0.2) is 44.8 Å². The molecule has 1 fully saturated rings. The van der Waals surface area contributed by atoms with Crippen LogP contribution in [0.25, 0.3) is 21.4 Å². The van der Waals surface area contributed by atoms with Crippen LogP contribution in [-0.4, -0.2) is 50.4 Å². The number of thiophene rings is 1. The molecule has 6 nitrogen and oxygen atoms in total. The first-order valence-electron chi connectivity index (χ1n) is 8.68. The summed E-state index contributed by atoms with van der Waals surface area (Å²) in [6, 6.07) is 9.15. The molecule has 3 aromatic rings. The molecule has 0 bridgehead atoms. The maximum Gasteiger partial charge on any atom is 0.260 e. The summed E-state index contributed by atoms with van der Waals surface area (Å²) in [6.45, 7) is -0.143. The number of hydrogen-bond acceptors (Lipinski definition) is 6. The Balaban J connectivity index is 1.47. The third-order valence-corrected chi connectivity index (χ3v) is 8.30. The van der Waals surface area contributed by atoms with Crippen molar-refractivity contribution in [1.82, 2.24) is 4.90 Å². The van der Waals surface area contributed by atoms with Crippen LogP contribution >= 0.6 is 27.3 Å². The van der Waals surface area contributed by atoms with E-state index >= 15 is 0 Å². The van der Waals surface area contributed by atoms with E-state index in [0.717, 1.165) is 25.2 Å². The third kappa shape index (κ3) is 3.97. The van der Waals surface area contributed by atoms with Gasteiger partial charge in [0, 0.05) is 28.9 Å². The number of likely N-dealkylation sites (N-methyl/N-ethyl adjacent to an activating group) is 1. The minimum absolute atomic E-state index is 0.0238. The highest BCUT2D eigenvalue weighted by molar-refractivity contribution is 9.11. The summed E-state index contributed by atoms with van der Waals surface area (Å²) in [5.41, 5.74) is 1.71. The average molecular weight is 484 g/mol. The summed E-state index contributed by atoms with van der Waals surface area (Å²) in [4.78, 5) is 15.0. The van der Waals surface area contributed by atoms with E-state index < -0.39 is 9.84 Å². The highest BCUT2D eigenvalue weighted by atomic mass is 79.9. The Morgan fingerprint density at radius 3 is 2.86 bits per heavy atom. The number of furan rings is 1. The first kappa shape index (κ1) is 19.5. The maximum absolute atomic E-state index is 12.4. The lowest BCUT2D eigenvalue weighted by molar-refractivity contribution is -0.133. The molecular weight excluding hydrogens is 466 g/mol. The fraction of sp³-hybridized carbons (Fsp3) is 0.316. The second-order valence-electron chi connectivity index (χ2n) is 6.76. The topological polar surface area (TPSA) is 76.8 Å². The van der Waals surface area contributed by atoms with Crippen molar-refractivity contribution in [3.8, 4) is 16.2 Å². The third-order valence-electron chi connectivity index (χ3n) is 4.90. The van der Waals surface area contributed by atoms with Gasteiger partial charge in [-0.25, -0.2) is 8.42 Å². The van der Waals surface area contributed by atoms with E-state index in [4.69, 9.17) is 9.15 Å². The van der Waals surface area contributed by atoms with Crippen molar-refractivity contribution in [2.45, 2.75) is 12.5 Å². The van der Waals surface area contributed by atoms with Crippen LogP contribution in [0.5, 0.6) is 5.75 Å². The number of carbonyl (C=O) groups is 1. The molecule has 0 aliphatic carbocycles. The van der Waals surface area contributed by atoms with Crippen LogP contribution in [0.4, 0.5) is 0 Å². The van der Waals surface area contributed by atoms with E-state index in [1.165, 1.54) is 4.90 Å². The lowest BCUT2D eigenvalue weighted by Gasteiger charge is -2.23. The molecule has 0 N–H and O–H groups in total. The number of nitrogens with zero attached hydrogens (tertiary/aromatic N) is 1. The lowest BCUT2D eigenvalue weighted by atomic mass is 10.1. The van der Waals surface area contributed by atoms with E-state index in [9.17, 15) is 13.2 Å². The molecule has 1 aliphatic heterocycles. The van der Waals surface area contributed by atoms with Gasteiger partial charge in [0.25, 0.3) is 5.91 Å². The van der Waals surface area contributed by atoms with Gasteiger partial charge in [0.05, 0.1) is 15.3 Å². The van der Waals surface area contributed by atoms with Gasteiger partial charge >= 0.3 is 0 Å². The predicted molar refractivity (Wildman–Crippen MR) is 113 cm³/mol. The van der Waals surface area contributed by atoms with E-state index in [-0.39, 0.29) is 30.1 Å². The zero-order valence-electron chi connectivity index (χ0n) is 15.1. The van der Waals surface area contributed by atoms with Gasteiger partial charge < -0.3 is 14.1 Å². The summed E-state index contributed by atoms with van der Waals surface area (Å²) in [5.74, 6) is 0.480. The maximum atomic E-state index is 12.4. The van der Waals surface area contributed by atoms with Crippen LogP contribution in [0.2, 0.25) is 0 Å². The summed E-state index contributed by atoms with van der Waals surface area (Å²) >= 11 is 5.08. The summed E-state index contributed by atoms with van der Waals surface area (Å²) in [6.07, 6.45) is 2.19. The van der Waals surface area contributed by atoms with Crippen LogP contribution in [0.3, 0.4) is 0 Å². The van der Waals surface area contributed by atoms with Gasteiger partial charge in [-0.3, -0.25) is 4.79 Å². The number of fused-ring (bicyclic) bond motifs is 1. The number of rotatable bonds is 5. The number of benzene rings is 1. The van der Waals surface area contributed by atoms with Crippen LogP contribution in [0.1, 0.15) is 6.42 Å². The molecule has 1 aromatic carbocycles. The number of amides is 1. The molecular formula is C19H18BrNO5S2. The zero-order valence-corrected chi connectivity index (χ0v) is 18.3. The molecule has 0 saturated carbocycles. The largest absolute Gasteiger partial charge is 0.484 e. The molecule has 1 atom stereocenters. The Morgan fingerprint density at radius 2 is 2.18 bits per heavy atom. The van der Waals surface area contributed by atoms with Gasteiger partial charge in [-0.1, -0.05) is 0 Å². The van der Waals surface area contributed by atoms with E-state index in [1.54, 1.807) is 30.7 Å². The molecule has 1 saturated heterocycles. The zero-order chi connectivity index (χ0) is 19.9. The van der Waals surface area contributed by atoms with Crippen molar-refractivity contribution in [1.29, 1.82) is 0 Å². The normalized spacial score (nSPS) is 18.4. The van der Waals surface area contributed by atoms with E-state index in [2.05, 4.69) is 15.9 Å². The number of carbonyl (C=O) groups excluding carboxylic acids is 1. The standard InChI is InChI=1S/C19H18BrNO5S2/c1-21(12-6-7-28(23,24)11-12)19(22)10-25-13-2-3-16-14(8-13)15(9-26-16)17-4-5-18(20)27-17/h2-5,8-9,12H,6-7,10-11H2,1H3/t12-/m0/s1. The molecule has 4 rings (SSSR count). The minimum Gasteiger partial charge on any atom is -0.484 e. The Hall–Kier alpha value is -1.84. The number of hydrogen-bond donors (Lipinski definition) is 0. The first-order chi connectivity index (χ1) is 13.3. The number of halogens is 1. The van der Waals surface area contributed by atoms with Crippen LogP contribution < -0.4 is 4.74 Å². The Labute approximate surface area is 175 Å². The van der Waals surface area contributed by atoms with Crippen molar-refractivity contribution in [2.24, 2.45) is 0 Å². The summed E-state index contributed by atoms with van der Waals surface area (Å²) in [7, 11) is -1.41. The fourth-order valence-corrected chi connectivity index (χ4v) is 6.46. The van der Waals surface area contributed by atoms with Crippen molar-refractivity contribution < 1.29 is 22.4 Å². The molecule has 148 valence electrons. The molecule has 28 heavy (non-hydrogen) atoms. The molecule has 0 unspecified atom stereocenters. The molecule has 1 aliphatic rings. The Bertz CT molecular complexity index is 1130. The molecule has 3 heterocycles. The van der Waals surface area contributed by atoms with Crippen molar-refractivity contribution in [2.75, 3.05) is 25.2 Å². The van der Waals surface area contributed by atoms with Gasteiger partial charge in [0.15, 0.2) is 16.4 Å². The minimum atomic E-state index is -3.04. The van der Waals surface area contributed by atoms with Crippen molar-refractivity contribution in [3.05, 3.63) is 40.4 Å². The Morgan fingerprint density at radius 1 is 1.36 bits per heavy atom. The Kier molecular flexibility index (Phi) is 5.24. The van der Waals surface area contributed by atoms with Crippen LogP contribution in [-0.2, 0) is 14.6 Å². The number of ether oxygens (including phenoxy) is 1. The summed E-state index contributed by atoms with van der Waals surface area (Å²) < 4.78 is 35.6. The van der Waals surface area contributed by atoms with Gasteiger partial charge in [-0.2, -0.15) is 0 Å². The van der Waals surface area contributed by atoms with Gasteiger partial charge in [0.2, 0.25) is 0 Å². The smallest absolute Gasteiger partial charge is 0.260 e. The molecule has 9 heteroatoms. The van der Waals surface area contributed by atoms with Gasteiger partial charge in [-0.05, 0) is 52.7 Å².